The standard InChI is InChI=1S/C21H28FN3O3/c1-15(2)13-25-9-10-27-16(14-25)11-23-20(26)7-8-21-24-12-19(28-21)17-5-3-4-6-18(17)22/h3-6,12,15-16H,7-11,13-14H2,1-2H3,(H,23,26). The van der Waals surface area contributed by atoms with Crippen molar-refractivity contribution in [3.63, 3.8) is 0 Å². The topological polar surface area (TPSA) is 67.6 Å². The number of benzene rings is 1. The minimum atomic E-state index is -0.359. The van der Waals surface area contributed by atoms with Crippen LogP contribution in [0.3, 0.4) is 0 Å². The van der Waals surface area contributed by atoms with Crippen LogP contribution in [-0.4, -0.2) is 54.7 Å². The summed E-state index contributed by atoms with van der Waals surface area (Å²) in [5.74, 6) is 0.973. The molecule has 7 heteroatoms. The fourth-order valence-electron chi connectivity index (χ4n) is 3.33. The Morgan fingerprint density at radius 2 is 2.21 bits per heavy atom. The van der Waals surface area contributed by atoms with Crippen LogP contribution in [0.15, 0.2) is 34.9 Å². The molecular formula is C21H28FN3O3. The van der Waals surface area contributed by atoms with E-state index in [2.05, 4.69) is 29.0 Å². The molecule has 152 valence electrons. The fourth-order valence-corrected chi connectivity index (χ4v) is 3.33. The van der Waals surface area contributed by atoms with Crippen molar-refractivity contribution in [1.82, 2.24) is 15.2 Å². The number of nitrogens with one attached hydrogen (secondary N) is 1. The highest BCUT2D eigenvalue weighted by atomic mass is 19.1. The highest BCUT2D eigenvalue weighted by Gasteiger charge is 2.21. The lowest BCUT2D eigenvalue weighted by molar-refractivity contribution is -0.122. The molecule has 1 amide bonds. The molecule has 1 fully saturated rings. The number of aryl methyl sites for hydroxylation is 1. The minimum Gasteiger partial charge on any atom is -0.441 e. The summed E-state index contributed by atoms with van der Waals surface area (Å²) in [4.78, 5) is 18.7. The molecule has 1 aromatic carbocycles. The van der Waals surface area contributed by atoms with Crippen molar-refractivity contribution in [3.8, 4) is 11.3 Å². The second-order valence-electron chi connectivity index (χ2n) is 7.55. The Bertz CT molecular complexity index is 778. The van der Waals surface area contributed by atoms with Crippen molar-refractivity contribution >= 4 is 5.91 Å². The number of amides is 1. The quantitative estimate of drug-likeness (QED) is 0.752. The number of halogens is 1. The number of hydrogen-bond acceptors (Lipinski definition) is 5. The third-order valence-electron chi connectivity index (χ3n) is 4.63. The number of rotatable bonds is 8. The van der Waals surface area contributed by atoms with E-state index in [-0.39, 0.29) is 24.2 Å². The lowest BCUT2D eigenvalue weighted by Crippen LogP contribution is -2.48. The van der Waals surface area contributed by atoms with E-state index in [1.807, 2.05) is 0 Å². The summed E-state index contributed by atoms with van der Waals surface area (Å²) in [6.45, 7) is 8.42. The van der Waals surface area contributed by atoms with E-state index < -0.39 is 0 Å². The third-order valence-corrected chi connectivity index (χ3v) is 4.63. The number of hydrogen-bond donors (Lipinski definition) is 1. The molecule has 2 aromatic rings. The Hall–Kier alpha value is -2.25. The monoisotopic (exact) mass is 389 g/mol. The molecule has 2 heterocycles. The highest BCUT2D eigenvalue weighted by Crippen LogP contribution is 2.23. The van der Waals surface area contributed by atoms with Crippen LogP contribution in [-0.2, 0) is 16.0 Å². The van der Waals surface area contributed by atoms with Gasteiger partial charge in [0.15, 0.2) is 11.7 Å². The van der Waals surface area contributed by atoms with Crippen molar-refractivity contribution in [1.29, 1.82) is 0 Å². The maximum absolute atomic E-state index is 13.8. The number of carbonyl (C=O) groups is 1. The Kier molecular flexibility index (Phi) is 7.17. The Labute approximate surface area is 165 Å². The number of nitrogens with zero attached hydrogens (tertiary/aromatic N) is 2. The van der Waals surface area contributed by atoms with Gasteiger partial charge in [-0.2, -0.15) is 0 Å². The third kappa shape index (κ3) is 5.87. The molecule has 0 saturated carbocycles. The first-order valence-electron chi connectivity index (χ1n) is 9.81. The summed E-state index contributed by atoms with van der Waals surface area (Å²) in [6, 6.07) is 6.38. The zero-order chi connectivity index (χ0) is 19.9. The van der Waals surface area contributed by atoms with Gasteiger partial charge >= 0.3 is 0 Å². The number of morpholine rings is 1. The second kappa shape index (κ2) is 9.80. The van der Waals surface area contributed by atoms with Crippen molar-refractivity contribution in [2.75, 3.05) is 32.8 Å². The number of oxazole rings is 1. The summed E-state index contributed by atoms with van der Waals surface area (Å²) in [6.07, 6.45) is 2.14. The molecule has 0 spiro atoms. The minimum absolute atomic E-state index is 0.0193. The van der Waals surface area contributed by atoms with Crippen LogP contribution >= 0.6 is 0 Å². The predicted molar refractivity (Wildman–Crippen MR) is 104 cm³/mol. The van der Waals surface area contributed by atoms with E-state index >= 15 is 0 Å². The first kappa shape index (κ1) is 20.5. The molecule has 0 bridgehead atoms. The molecule has 1 N–H and O–H groups in total. The van der Waals surface area contributed by atoms with Crippen LogP contribution in [0.1, 0.15) is 26.2 Å². The lowest BCUT2D eigenvalue weighted by atomic mass is 10.2. The van der Waals surface area contributed by atoms with E-state index in [1.54, 1.807) is 18.2 Å². The molecule has 0 radical (unpaired) electrons. The lowest BCUT2D eigenvalue weighted by Gasteiger charge is -2.33. The van der Waals surface area contributed by atoms with Gasteiger partial charge in [-0.15, -0.1) is 0 Å². The van der Waals surface area contributed by atoms with Gasteiger partial charge in [0.25, 0.3) is 0 Å². The molecule has 1 aliphatic rings. The number of carbonyl (C=O) groups excluding carboxylic acids is 1. The molecule has 28 heavy (non-hydrogen) atoms. The SMILES string of the molecule is CC(C)CN1CCOC(CNC(=O)CCc2ncc(-c3ccccc3F)o2)C1. The molecule has 1 aliphatic heterocycles. The summed E-state index contributed by atoms with van der Waals surface area (Å²) >= 11 is 0. The van der Waals surface area contributed by atoms with Crippen molar-refractivity contribution in [2.45, 2.75) is 32.8 Å². The van der Waals surface area contributed by atoms with Gasteiger partial charge in [0.1, 0.15) is 5.82 Å². The predicted octanol–water partition coefficient (Wildman–Crippen LogP) is 2.89. The van der Waals surface area contributed by atoms with Crippen LogP contribution < -0.4 is 5.32 Å². The van der Waals surface area contributed by atoms with Crippen molar-refractivity contribution in [3.05, 3.63) is 42.2 Å². The highest BCUT2D eigenvalue weighted by molar-refractivity contribution is 5.76. The fraction of sp³-hybridized carbons (Fsp3) is 0.524. The van der Waals surface area contributed by atoms with Gasteiger partial charge in [-0.25, -0.2) is 9.37 Å². The van der Waals surface area contributed by atoms with Gasteiger partial charge in [0.2, 0.25) is 5.91 Å². The van der Waals surface area contributed by atoms with Gasteiger partial charge in [0, 0.05) is 39.0 Å². The summed E-state index contributed by atoms with van der Waals surface area (Å²) in [5, 5.41) is 2.92. The summed E-state index contributed by atoms with van der Waals surface area (Å²) in [7, 11) is 0. The molecule has 6 nitrogen and oxygen atoms in total. The molecule has 3 rings (SSSR count). The number of aromatic nitrogens is 1. The Morgan fingerprint density at radius 1 is 1.39 bits per heavy atom. The van der Waals surface area contributed by atoms with E-state index in [0.29, 0.717) is 42.7 Å². The van der Waals surface area contributed by atoms with Gasteiger partial charge in [-0.1, -0.05) is 26.0 Å². The van der Waals surface area contributed by atoms with Gasteiger partial charge in [-0.05, 0) is 18.1 Å². The maximum atomic E-state index is 13.8. The van der Waals surface area contributed by atoms with Crippen LogP contribution in [0.2, 0.25) is 0 Å². The maximum Gasteiger partial charge on any atom is 0.220 e. The van der Waals surface area contributed by atoms with E-state index in [1.165, 1.54) is 12.3 Å². The van der Waals surface area contributed by atoms with Crippen LogP contribution in [0.5, 0.6) is 0 Å². The first-order valence-corrected chi connectivity index (χ1v) is 9.81. The summed E-state index contributed by atoms with van der Waals surface area (Å²) < 4.78 is 25.1. The first-order chi connectivity index (χ1) is 13.5. The largest absolute Gasteiger partial charge is 0.441 e. The normalized spacial score (nSPS) is 17.8. The Balaban J connectivity index is 1.42. The number of ether oxygens (including phenoxy) is 1. The molecule has 1 aromatic heterocycles. The average molecular weight is 389 g/mol. The van der Waals surface area contributed by atoms with Gasteiger partial charge in [-0.3, -0.25) is 9.69 Å². The Morgan fingerprint density at radius 3 is 3.00 bits per heavy atom. The average Bonchev–Trinajstić information content (AvgIpc) is 3.14. The zero-order valence-electron chi connectivity index (χ0n) is 16.5. The smallest absolute Gasteiger partial charge is 0.220 e. The molecule has 1 saturated heterocycles. The van der Waals surface area contributed by atoms with E-state index in [4.69, 9.17) is 9.15 Å². The van der Waals surface area contributed by atoms with Crippen LogP contribution in [0.4, 0.5) is 4.39 Å². The molecule has 1 unspecified atom stereocenters. The zero-order valence-corrected chi connectivity index (χ0v) is 16.5. The van der Waals surface area contributed by atoms with Crippen molar-refractivity contribution in [2.24, 2.45) is 5.92 Å². The second-order valence-corrected chi connectivity index (χ2v) is 7.55. The van der Waals surface area contributed by atoms with Crippen LogP contribution in [0.25, 0.3) is 11.3 Å². The van der Waals surface area contributed by atoms with Gasteiger partial charge < -0.3 is 14.5 Å². The molecule has 1 atom stereocenters. The summed E-state index contributed by atoms with van der Waals surface area (Å²) in [5.41, 5.74) is 0.367. The van der Waals surface area contributed by atoms with E-state index in [9.17, 15) is 9.18 Å². The van der Waals surface area contributed by atoms with E-state index in [0.717, 1.165) is 19.6 Å². The van der Waals surface area contributed by atoms with Crippen molar-refractivity contribution < 1.29 is 18.3 Å². The van der Waals surface area contributed by atoms with Gasteiger partial charge in [0.05, 0.1) is 24.5 Å². The van der Waals surface area contributed by atoms with Crippen LogP contribution in [0, 0.1) is 11.7 Å². The molecular weight excluding hydrogens is 361 g/mol. The molecule has 0 aliphatic carbocycles.